The van der Waals surface area contributed by atoms with E-state index in [1.807, 2.05) is 0 Å². The van der Waals surface area contributed by atoms with E-state index in [9.17, 15) is 19.8 Å². The number of nitrogens with one attached hydrogen (secondary N) is 1. The zero-order valence-electron chi connectivity index (χ0n) is 23.1. The zero-order valence-corrected chi connectivity index (χ0v) is 24.9. The Kier molecular flexibility index (Phi) is 9.48. The Balaban J connectivity index is 2.84. The lowest BCUT2D eigenvalue weighted by Gasteiger charge is -2.44. The number of thiol groups is 1. The Hall–Kier alpha value is -2.57. The zero-order chi connectivity index (χ0) is 28.3. The van der Waals surface area contributed by atoms with Crippen LogP contribution in [0.4, 0.5) is 0 Å². The number of carboxylic acids is 1. The Bertz CT molecular complexity index is 1150. The van der Waals surface area contributed by atoms with E-state index in [0.29, 0.717) is 23.0 Å². The summed E-state index contributed by atoms with van der Waals surface area (Å²) in [7, 11) is -1.12. The Labute approximate surface area is 224 Å². The van der Waals surface area contributed by atoms with E-state index in [-0.39, 0.29) is 40.7 Å². The van der Waals surface area contributed by atoms with Crippen LogP contribution >= 0.6 is 12.6 Å². The van der Waals surface area contributed by atoms with Gasteiger partial charge in [0.15, 0.2) is 5.82 Å². The molecule has 0 fully saturated rings. The van der Waals surface area contributed by atoms with E-state index in [2.05, 4.69) is 56.2 Å². The second-order valence-corrected chi connectivity index (χ2v) is 15.8. The van der Waals surface area contributed by atoms with E-state index in [0.717, 1.165) is 0 Å². The van der Waals surface area contributed by atoms with Crippen LogP contribution in [0, 0.1) is 19.8 Å². The van der Waals surface area contributed by atoms with Crippen molar-refractivity contribution in [1.82, 2.24) is 15.5 Å². The van der Waals surface area contributed by atoms with Crippen LogP contribution in [0.5, 0.6) is 11.5 Å². The maximum atomic E-state index is 12.7. The van der Waals surface area contributed by atoms with Crippen molar-refractivity contribution in [1.29, 1.82) is 0 Å². The molecule has 0 aliphatic heterocycles. The van der Waals surface area contributed by atoms with Crippen molar-refractivity contribution < 1.29 is 33.5 Å². The number of aliphatic hydroxyl groups is 1. The molecule has 0 saturated heterocycles. The Morgan fingerprint density at radius 2 is 1.86 bits per heavy atom. The third-order valence-corrected chi connectivity index (χ3v) is 12.4. The average Bonchev–Trinajstić information content (AvgIpc) is 3.22. The molecule has 0 unspecified atom stereocenters. The largest absolute Gasteiger partial charge is 0.543 e. The maximum absolute atomic E-state index is 12.7. The van der Waals surface area contributed by atoms with Crippen LogP contribution in [0.15, 0.2) is 10.6 Å². The Morgan fingerprint density at radius 1 is 1.24 bits per heavy atom. The highest BCUT2D eigenvalue weighted by Crippen LogP contribution is 2.49. The number of methoxy groups -OCH3 is 1. The third kappa shape index (κ3) is 6.47. The second-order valence-electron chi connectivity index (χ2n) is 10.5. The summed E-state index contributed by atoms with van der Waals surface area (Å²) in [4.78, 5) is 27.8. The van der Waals surface area contributed by atoms with Crippen LogP contribution in [0.25, 0.3) is 0 Å². The lowest BCUT2D eigenvalue weighted by atomic mass is 9.91. The third-order valence-electron chi connectivity index (χ3n) is 7.47. The lowest BCUT2D eigenvalue weighted by Crippen LogP contribution is -2.49. The topological polar surface area (TPSA) is 144 Å². The van der Waals surface area contributed by atoms with Gasteiger partial charge in [0.2, 0.25) is 11.8 Å². The first-order valence-electron chi connectivity index (χ1n) is 12.1. The SMILES string of the molecule is COc1cc(O[Si](C)(C)C(C)(C)C(C)C)c([C@](S)(CCc2nc(C)no2)NC(=O)CO)c(C(=O)O)c1C. The number of hydrogen-bond acceptors (Lipinski definition) is 9. The number of carboxylic acid groups (broad SMARTS) is 1. The number of rotatable bonds is 12. The maximum Gasteiger partial charge on any atom is 0.336 e. The molecular weight excluding hydrogens is 514 g/mol. The van der Waals surface area contributed by atoms with Crippen molar-refractivity contribution in [2.75, 3.05) is 13.7 Å². The van der Waals surface area contributed by atoms with Crippen molar-refractivity contribution in [2.24, 2.45) is 5.92 Å². The molecule has 1 heterocycles. The van der Waals surface area contributed by atoms with Gasteiger partial charge >= 0.3 is 5.97 Å². The van der Waals surface area contributed by atoms with Gasteiger partial charge in [-0.25, -0.2) is 4.79 Å². The molecule has 206 valence electrons. The normalized spacial score (nSPS) is 13.8. The van der Waals surface area contributed by atoms with Crippen LogP contribution in [-0.4, -0.2) is 54.3 Å². The van der Waals surface area contributed by atoms with Gasteiger partial charge in [-0.1, -0.05) is 32.9 Å². The van der Waals surface area contributed by atoms with Gasteiger partial charge in [0.1, 0.15) is 23.0 Å². The molecule has 2 rings (SSSR count). The monoisotopic (exact) mass is 553 g/mol. The van der Waals surface area contributed by atoms with Gasteiger partial charge in [-0.2, -0.15) is 4.98 Å². The van der Waals surface area contributed by atoms with Gasteiger partial charge in [0.05, 0.1) is 12.7 Å². The molecule has 1 atom stereocenters. The summed E-state index contributed by atoms with van der Waals surface area (Å²) in [5, 5.41) is 26.2. The van der Waals surface area contributed by atoms with Gasteiger partial charge in [0, 0.05) is 23.6 Å². The predicted octanol–water partition coefficient (Wildman–Crippen LogP) is 4.24. The van der Waals surface area contributed by atoms with E-state index in [1.54, 1.807) is 19.9 Å². The first-order chi connectivity index (χ1) is 17.0. The van der Waals surface area contributed by atoms with Crippen molar-refractivity contribution in [3.8, 4) is 11.5 Å². The number of nitrogens with zero attached hydrogens (tertiary/aromatic N) is 2. The minimum Gasteiger partial charge on any atom is -0.543 e. The molecule has 1 amide bonds. The molecule has 0 radical (unpaired) electrons. The molecule has 3 N–H and O–H groups in total. The number of ether oxygens (including phenoxy) is 1. The van der Waals surface area contributed by atoms with E-state index in [1.165, 1.54) is 7.11 Å². The highest BCUT2D eigenvalue weighted by molar-refractivity contribution is 7.81. The predicted molar refractivity (Wildman–Crippen MR) is 145 cm³/mol. The molecule has 0 spiro atoms. The minimum atomic E-state index is -2.57. The fraction of sp³-hybridized carbons (Fsp3) is 0.600. The fourth-order valence-corrected chi connectivity index (χ4v) is 6.88. The molecule has 1 aromatic carbocycles. The number of aromatic carboxylic acids is 1. The number of aromatic nitrogens is 2. The first-order valence-corrected chi connectivity index (χ1v) is 15.4. The highest BCUT2D eigenvalue weighted by Gasteiger charge is 2.47. The van der Waals surface area contributed by atoms with Crippen molar-refractivity contribution >= 4 is 32.8 Å². The van der Waals surface area contributed by atoms with E-state index < -0.39 is 31.7 Å². The molecule has 37 heavy (non-hydrogen) atoms. The van der Waals surface area contributed by atoms with Gasteiger partial charge in [-0.05, 0) is 44.3 Å². The van der Waals surface area contributed by atoms with Crippen LogP contribution in [0.2, 0.25) is 18.1 Å². The lowest BCUT2D eigenvalue weighted by molar-refractivity contribution is -0.125. The smallest absolute Gasteiger partial charge is 0.336 e. The second kappa shape index (κ2) is 11.4. The number of benzene rings is 1. The molecule has 2 aromatic rings. The average molecular weight is 554 g/mol. The number of aliphatic hydroxyl groups excluding tert-OH is 1. The summed E-state index contributed by atoms with van der Waals surface area (Å²) in [6, 6.07) is 1.65. The molecule has 0 saturated carbocycles. The summed E-state index contributed by atoms with van der Waals surface area (Å²) < 4.78 is 17.5. The van der Waals surface area contributed by atoms with Gasteiger partial charge < -0.3 is 29.2 Å². The molecule has 12 heteroatoms. The van der Waals surface area contributed by atoms with Crippen molar-refractivity contribution in [3.63, 3.8) is 0 Å². The van der Waals surface area contributed by atoms with Crippen molar-refractivity contribution in [2.45, 2.75) is 77.4 Å². The fourth-order valence-electron chi connectivity index (χ4n) is 4.06. The van der Waals surface area contributed by atoms with E-state index >= 15 is 0 Å². The first kappa shape index (κ1) is 30.6. The summed E-state index contributed by atoms with van der Waals surface area (Å²) in [6.45, 7) is 15.1. The number of carbonyl (C=O) groups is 2. The molecule has 1 aromatic heterocycles. The summed E-state index contributed by atoms with van der Waals surface area (Å²) in [5.74, 6) is -0.358. The summed E-state index contributed by atoms with van der Waals surface area (Å²) in [5.41, 5.74) is 0.418. The van der Waals surface area contributed by atoms with Gasteiger partial charge in [-0.15, -0.1) is 12.6 Å². The standard InChI is InChI=1S/C25H39N3O7SSi/c1-14(2)24(5,6)37(8,9)35-18-12-17(33-7)15(3)21(23(31)32)22(18)25(36,27-19(30)13-29)11-10-20-26-16(4)28-34-20/h12,14,29,36H,10-11,13H2,1-9H3,(H,27,30)(H,31,32)/t25-/m1/s1. The Morgan fingerprint density at radius 3 is 2.32 bits per heavy atom. The molecule has 0 aliphatic carbocycles. The summed E-state index contributed by atoms with van der Waals surface area (Å²) in [6.07, 6.45) is 0.249. The molecule has 0 bridgehead atoms. The number of hydrogen-bond donors (Lipinski definition) is 4. The minimum absolute atomic E-state index is 0.0709. The van der Waals surface area contributed by atoms with Gasteiger partial charge in [-0.3, -0.25) is 4.79 Å². The highest BCUT2D eigenvalue weighted by atomic mass is 32.1. The quantitative estimate of drug-likeness (QED) is 0.172. The van der Waals surface area contributed by atoms with Gasteiger partial charge in [0.25, 0.3) is 8.32 Å². The number of amides is 1. The van der Waals surface area contributed by atoms with Crippen LogP contribution in [-0.2, 0) is 16.1 Å². The molecule has 10 nitrogen and oxygen atoms in total. The van der Waals surface area contributed by atoms with Crippen LogP contribution in [0.3, 0.4) is 0 Å². The van der Waals surface area contributed by atoms with Crippen LogP contribution < -0.4 is 14.5 Å². The molecular formula is C25H39N3O7SSi. The van der Waals surface area contributed by atoms with Crippen molar-refractivity contribution in [3.05, 3.63) is 34.5 Å². The van der Waals surface area contributed by atoms with Crippen LogP contribution in [0.1, 0.15) is 67.3 Å². The van der Waals surface area contributed by atoms with E-state index in [4.69, 9.17) is 26.3 Å². The number of carbonyl (C=O) groups excluding carboxylic acids is 1. The number of aryl methyl sites for hydroxylation is 2. The summed E-state index contributed by atoms with van der Waals surface area (Å²) >= 11 is 4.84. The molecule has 0 aliphatic rings.